The Morgan fingerprint density at radius 3 is 2.17 bits per heavy atom. The maximum atomic E-state index is 6.08. The molecule has 0 spiro atoms. The van der Waals surface area contributed by atoms with Crippen molar-refractivity contribution in [3.8, 4) is 5.75 Å². The minimum Gasteiger partial charge on any atom is -0.544 e. The van der Waals surface area contributed by atoms with Gasteiger partial charge in [-0.15, -0.1) is 0 Å². The third-order valence-electron chi connectivity index (χ3n) is 2.78. The van der Waals surface area contributed by atoms with Crippen molar-refractivity contribution < 1.29 is 13.3 Å². The number of hydrogen-bond donors (Lipinski definition) is 0. The minimum atomic E-state index is -1.90. The molecule has 0 radical (unpaired) electrons. The highest BCUT2D eigenvalue weighted by molar-refractivity contribution is 6.72. The second kappa shape index (κ2) is 6.51. The van der Waals surface area contributed by atoms with E-state index in [1.807, 2.05) is 30.3 Å². The molecule has 0 aromatic heterocycles. The zero-order valence-electron chi connectivity index (χ0n) is 12.0. The van der Waals surface area contributed by atoms with Crippen LogP contribution in [0, 0.1) is 0 Å². The molecular formula is C13H24O3Si2. The van der Waals surface area contributed by atoms with E-state index in [-0.39, 0.29) is 0 Å². The van der Waals surface area contributed by atoms with Crippen molar-refractivity contribution in [2.45, 2.75) is 32.2 Å². The quantitative estimate of drug-likeness (QED) is 0.716. The van der Waals surface area contributed by atoms with Gasteiger partial charge in [-0.2, -0.15) is 0 Å². The van der Waals surface area contributed by atoms with Crippen LogP contribution in [0.2, 0.25) is 32.2 Å². The second-order valence-electron chi connectivity index (χ2n) is 5.38. The van der Waals surface area contributed by atoms with Gasteiger partial charge in [0.05, 0.1) is 0 Å². The predicted octanol–water partition coefficient (Wildman–Crippen LogP) is 3.64. The van der Waals surface area contributed by atoms with Crippen molar-refractivity contribution in [2.24, 2.45) is 0 Å². The van der Waals surface area contributed by atoms with Crippen LogP contribution in [-0.4, -0.2) is 30.6 Å². The largest absolute Gasteiger partial charge is 0.544 e. The summed E-state index contributed by atoms with van der Waals surface area (Å²) in [7, 11) is -1.90. The van der Waals surface area contributed by atoms with E-state index >= 15 is 0 Å². The summed E-state index contributed by atoms with van der Waals surface area (Å²) < 4.78 is 17.3. The average Bonchev–Trinajstić information content (AvgIpc) is 2.29. The lowest BCUT2D eigenvalue weighted by Crippen LogP contribution is -2.39. The predicted molar refractivity (Wildman–Crippen MR) is 79.8 cm³/mol. The maximum Gasteiger partial charge on any atom is 0.331 e. The third-order valence-corrected chi connectivity index (χ3v) is 6.86. The molecule has 0 aliphatic rings. The standard InChI is InChI=1S/C13H24O3Si2/c1-14-18(4,5)15-11-12-17(2,3)16-13-9-7-6-8-10-13/h6-10H,11-12H2,1-5H3. The van der Waals surface area contributed by atoms with Crippen LogP contribution in [0.3, 0.4) is 0 Å². The molecule has 1 aromatic carbocycles. The Bertz CT molecular complexity index is 353. The van der Waals surface area contributed by atoms with Crippen molar-refractivity contribution in [2.75, 3.05) is 13.7 Å². The lowest BCUT2D eigenvalue weighted by molar-refractivity contribution is 0.220. The first kappa shape index (κ1) is 15.4. The molecule has 0 saturated heterocycles. The van der Waals surface area contributed by atoms with E-state index in [0.717, 1.165) is 18.4 Å². The average molecular weight is 285 g/mol. The Kier molecular flexibility index (Phi) is 5.58. The Morgan fingerprint density at radius 1 is 1.00 bits per heavy atom. The molecule has 0 amide bonds. The van der Waals surface area contributed by atoms with Crippen LogP contribution in [-0.2, 0) is 8.85 Å². The lowest BCUT2D eigenvalue weighted by atomic mass is 10.3. The fourth-order valence-corrected chi connectivity index (χ4v) is 3.85. The molecule has 0 N–H and O–H groups in total. The van der Waals surface area contributed by atoms with Crippen molar-refractivity contribution in [1.29, 1.82) is 0 Å². The fraction of sp³-hybridized carbons (Fsp3) is 0.538. The van der Waals surface area contributed by atoms with Gasteiger partial charge in [-0.3, -0.25) is 0 Å². The summed E-state index contributed by atoms with van der Waals surface area (Å²) in [5.41, 5.74) is 0. The molecule has 102 valence electrons. The molecule has 0 aliphatic carbocycles. The van der Waals surface area contributed by atoms with Gasteiger partial charge >= 0.3 is 8.56 Å². The van der Waals surface area contributed by atoms with Gasteiger partial charge in [0.25, 0.3) is 0 Å². The van der Waals surface area contributed by atoms with Gasteiger partial charge in [-0.1, -0.05) is 18.2 Å². The van der Waals surface area contributed by atoms with Crippen molar-refractivity contribution in [3.05, 3.63) is 30.3 Å². The topological polar surface area (TPSA) is 27.7 Å². The second-order valence-corrected chi connectivity index (χ2v) is 13.1. The zero-order valence-corrected chi connectivity index (χ0v) is 14.0. The normalized spacial score (nSPS) is 12.5. The molecule has 0 bridgehead atoms. The molecule has 0 fully saturated rings. The fourth-order valence-electron chi connectivity index (χ4n) is 1.46. The van der Waals surface area contributed by atoms with E-state index in [1.165, 1.54) is 0 Å². The van der Waals surface area contributed by atoms with E-state index in [2.05, 4.69) is 26.2 Å². The number of benzene rings is 1. The first-order valence-electron chi connectivity index (χ1n) is 6.28. The molecule has 0 saturated carbocycles. The first-order chi connectivity index (χ1) is 8.35. The summed E-state index contributed by atoms with van der Waals surface area (Å²) in [6.07, 6.45) is 0. The summed E-state index contributed by atoms with van der Waals surface area (Å²) in [5.74, 6) is 0.956. The van der Waals surface area contributed by atoms with Crippen LogP contribution in [0.4, 0.5) is 0 Å². The molecule has 0 heterocycles. The molecule has 5 heteroatoms. The van der Waals surface area contributed by atoms with Gasteiger partial charge in [0.1, 0.15) is 5.75 Å². The van der Waals surface area contributed by atoms with Gasteiger partial charge in [0, 0.05) is 13.7 Å². The molecular weight excluding hydrogens is 260 g/mol. The van der Waals surface area contributed by atoms with E-state index in [4.69, 9.17) is 13.3 Å². The van der Waals surface area contributed by atoms with Crippen LogP contribution in [0.5, 0.6) is 5.75 Å². The number of rotatable bonds is 7. The summed E-state index contributed by atoms with van der Waals surface area (Å²) in [6.45, 7) is 9.26. The van der Waals surface area contributed by atoms with Crippen molar-refractivity contribution in [1.82, 2.24) is 0 Å². The molecule has 18 heavy (non-hydrogen) atoms. The Balaban J connectivity index is 2.41. The van der Waals surface area contributed by atoms with Crippen molar-refractivity contribution >= 4 is 16.9 Å². The van der Waals surface area contributed by atoms with E-state index in [9.17, 15) is 0 Å². The monoisotopic (exact) mass is 284 g/mol. The van der Waals surface area contributed by atoms with Crippen LogP contribution < -0.4 is 4.43 Å². The Hall–Kier alpha value is -0.626. The number of para-hydroxylation sites is 1. The minimum absolute atomic E-state index is 0.721. The van der Waals surface area contributed by atoms with E-state index in [1.54, 1.807) is 7.11 Å². The molecule has 0 unspecified atom stereocenters. The summed E-state index contributed by atoms with van der Waals surface area (Å²) >= 11 is 0. The van der Waals surface area contributed by atoms with Crippen molar-refractivity contribution in [3.63, 3.8) is 0 Å². The molecule has 0 atom stereocenters. The Morgan fingerprint density at radius 2 is 1.61 bits per heavy atom. The summed E-state index contributed by atoms with van der Waals surface area (Å²) in [6, 6.07) is 11.0. The number of hydrogen-bond acceptors (Lipinski definition) is 3. The highest BCUT2D eigenvalue weighted by Crippen LogP contribution is 2.19. The van der Waals surface area contributed by atoms with Crippen LogP contribution in [0.25, 0.3) is 0 Å². The molecule has 1 aromatic rings. The smallest absolute Gasteiger partial charge is 0.331 e. The maximum absolute atomic E-state index is 6.08. The third kappa shape index (κ3) is 5.81. The molecule has 1 rings (SSSR count). The zero-order chi connectivity index (χ0) is 13.6. The SMILES string of the molecule is CO[Si](C)(C)OCC[Si](C)(C)Oc1ccccc1. The summed E-state index contributed by atoms with van der Waals surface area (Å²) in [4.78, 5) is 0. The van der Waals surface area contributed by atoms with Crippen LogP contribution >= 0.6 is 0 Å². The van der Waals surface area contributed by atoms with Crippen LogP contribution in [0.1, 0.15) is 0 Å². The highest BCUT2D eigenvalue weighted by atomic mass is 28.4. The van der Waals surface area contributed by atoms with Crippen LogP contribution in [0.15, 0.2) is 30.3 Å². The van der Waals surface area contributed by atoms with Gasteiger partial charge in [0.2, 0.25) is 8.32 Å². The lowest BCUT2D eigenvalue weighted by Gasteiger charge is -2.26. The van der Waals surface area contributed by atoms with Gasteiger partial charge in [0.15, 0.2) is 0 Å². The molecule has 3 nitrogen and oxygen atoms in total. The highest BCUT2D eigenvalue weighted by Gasteiger charge is 2.28. The summed E-state index contributed by atoms with van der Waals surface area (Å²) in [5, 5.41) is 0. The van der Waals surface area contributed by atoms with E-state index in [0.29, 0.717) is 0 Å². The van der Waals surface area contributed by atoms with Gasteiger partial charge in [-0.25, -0.2) is 0 Å². The molecule has 0 aliphatic heterocycles. The van der Waals surface area contributed by atoms with E-state index < -0.39 is 16.9 Å². The van der Waals surface area contributed by atoms with Gasteiger partial charge < -0.3 is 13.3 Å². The van der Waals surface area contributed by atoms with Gasteiger partial charge in [-0.05, 0) is 44.4 Å². The first-order valence-corrected chi connectivity index (χ1v) is 12.2. The Labute approximate surface area is 112 Å².